The van der Waals surface area contributed by atoms with Crippen LogP contribution in [0.1, 0.15) is 52.7 Å². The van der Waals surface area contributed by atoms with Gasteiger partial charge in [-0.05, 0) is 143 Å². The lowest BCUT2D eigenvalue weighted by atomic mass is 9.80. The fourth-order valence-corrected chi connectivity index (χ4v) is 12.2. The van der Waals surface area contributed by atoms with Crippen LogP contribution >= 0.6 is 0 Å². The van der Waals surface area contributed by atoms with Crippen molar-refractivity contribution in [3.63, 3.8) is 0 Å². The van der Waals surface area contributed by atoms with E-state index < -0.39 is 0 Å². The minimum Gasteiger partial charge on any atom is -0.310 e. The molecule has 0 radical (unpaired) electrons. The van der Waals surface area contributed by atoms with Crippen LogP contribution in [0, 0.1) is 0 Å². The van der Waals surface area contributed by atoms with E-state index in [1.54, 1.807) is 0 Å². The minimum atomic E-state index is -0.182. The number of fused-ring (bicyclic) bond motifs is 7. The van der Waals surface area contributed by atoms with Crippen LogP contribution in [0.3, 0.4) is 0 Å². The number of hydrogen-bond acceptors (Lipinski definition) is 4. The van der Waals surface area contributed by atoms with E-state index >= 15 is 0 Å². The molecule has 0 aliphatic heterocycles. The van der Waals surface area contributed by atoms with E-state index in [9.17, 15) is 0 Å². The van der Waals surface area contributed by atoms with Crippen LogP contribution < -0.4 is 9.80 Å². The van der Waals surface area contributed by atoms with E-state index in [0.29, 0.717) is 0 Å². The van der Waals surface area contributed by atoms with Crippen molar-refractivity contribution >= 4 is 88.8 Å². The third-order valence-corrected chi connectivity index (χ3v) is 16.1. The zero-order chi connectivity index (χ0) is 55.7. The number of nitrogens with zero attached hydrogens (tertiary/aromatic N) is 6. The molecule has 0 spiro atoms. The first-order valence-corrected chi connectivity index (χ1v) is 28.4. The van der Waals surface area contributed by atoms with E-state index in [2.05, 4.69) is 327 Å². The van der Waals surface area contributed by atoms with Crippen molar-refractivity contribution in [2.75, 3.05) is 9.80 Å². The van der Waals surface area contributed by atoms with E-state index in [1.807, 2.05) is 0 Å². The maximum atomic E-state index is 5.78. The van der Waals surface area contributed by atoms with Crippen LogP contribution in [-0.4, -0.2) is 19.1 Å². The summed E-state index contributed by atoms with van der Waals surface area (Å²) in [4.78, 5) is 16.3. The molecule has 0 unspecified atom stereocenters. The van der Waals surface area contributed by atoms with Gasteiger partial charge in [-0.3, -0.25) is 0 Å². The average molecular weight is 1060 g/mol. The van der Waals surface area contributed by atoms with Gasteiger partial charge in [-0.1, -0.05) is 187 Å². The van der Waals surface area contributed by atoms with Crippen molar-refractivity contribution in [3.05, 3.63) is 278 Å². The summed E-state index contributed by atoms with van der Waals surface area (Å²) in [6.45, 7) is 13.6. The second-order valence-electron chi connectivity index (χ2n) is 23.5. The van der Waals surface area contributed by atoms with Crippen molar-refractivity contribution in [2.45, 2.75) is 52.4 Å². The summed E-state index contributed by atoms with van der Waals surface area (Å²) in [5, 5.41) is 4.81. The predicted molar refractivity (Wildman–Crippen MR) is 346 cm³/mol. The molecule has 0 aliphatic carbocycles. The molecule has 82 heavy (non-hydrogen) atoms. The highest BCUT2D eigenvalue weighted by Gasteiger charge is 2.28. The van der Waals surface area contributed by atoms with Gasteiger partial charge in [-0.25, -0.2) is 9.97 Å². The van der Waals surface area contributed by atoms with Gasteiger partial charge in [0.05, 0.1) is 44.5 Å². The number of aromatic nitrogens is 4. The normalized spacial score (nSPS) is 12.0. The van der Waals surface area contributed by atoms with Crippen molar-refractivity contribution in [2.24, 2.45) is 0 Å². The van der Waals surface area contributed by atoms with Crippen LogP contribution in [-0.2, 0) is 10.8 Å². The molecule has 396 valence electrons. The van der Waals surface area contributed by atoms with Gasteiger partial charge >= 0.3 is 0 Å². The molecule has 0 bridgehead atoms. The van der Waals surface area contributed by atoms with E-state index in [4.69, 9.17) is 9.97 Å². The molecular weight excluding hydrogens is 997 g/mol. The molecule has 6 heteroatoms. The molecule has 3 aromatic heterocycles. The average Bonchev–Trinajstić information content (AvgIpc) is 4.15. The Kier molecular flexibility index (Phi) is 12.2. The van der Waals surface area contributed by atoms with Crippen LogP contribution in [0.4, 0.5) is 34.1 Å². The molecule has 0 atom stereocenters. The van der Waals surface area contributed by atoms with Crippen LogP contribution in [0.25, 0.3) is 88.5 Å². The maximum Gasteiger partial charge on any atom is 0.0973 e. The third kappa shape index (κ3) is 8.75. The predicted octanol–water partition coefficient (Wildman–Crippen LogP) is 20.7. The van der Waals surface area contributed by atoms with Crippen LogP contribution in [0.2, 0.25) is 0 Å². The molecule has 11 aromatic carbocycles. The summed E-state index contributed by atoms with van der Waals surface area (Å²) in [5.74, 6) is 0. The lowest BCUT2D eigenvalue weighted by Gasteiger charge is -2.27. The monoisotopic (exact) mass is 1060 g/mol. The van der Waals surface area contributed by atoms with Crippen molar-refractivity contribution in [1.29, 1.82) is 0 Å². The number of hydrogen-bond donors (Lipinski definition) is 0. The Morgan fingerprint density at radius 3 is 0.951 bits per heavy atom. The Morgan fingerprint density at radius 1 is 0.280 bits per heavy atom. The van der Waals surface area contributed by atoms with E-state index in [-0.39, 0.29) is 10.8 Å². The largest absolute Gasteiger partial charge is 0.310 e. The lowest BCUT2D eigenvalue weighted by molar-refractivity contribution is 0.583. The fraction of sp³-hybridized carbons (Fsp3) is 0.105. The van der Waals surface area contributed by atoms with Gasteiger partial charge in [0, 0.05) is 78.2 Å². The highest BCUT2D eigenvalue weighted by molar-refractivity contribution is 6.12. The molecule has 0 saturated carbocycles. The molecular formula is C76H62N6. The quantitative estimate of drug-likeness (QED) is 0.137. The molecule has 0 saturated heterocycles. The molecule has 6 nitrogen and oxygen atoms in total. The molecule has 0 fully saturated rings. The molecule has 0 aliphatic rings. The second kappa shape index (κ2) is 19.9. The number of benzene rings is 11. The number of rotatable bonds is 10. The summed E-state index contributed by atoms with van der Waals surface area (Å²) < 4.78 is 4.74. The Labute approximate surface area is 479 Å². The Morgan fingerprint density at radius 2 is 0.585 bits per heavy atom. The first-order valence-electron chi connectivity index (χ1n) is 28.4. The fourth-order valence-electron chi connectivity index (χ4n) is 12.2. The number of anilines is 6. The summed E-state index contributed by atoms with van der Waals surface area (Å²) in [7, 11) is 0. The van der Waals surface area contributed by atoms with Crippen molar-refractivity contribution in [3.8, 4) is 33.9 Å². The van der Waals surface area contributed by atoms with E-state index in [1.165, 1.54) is 43.7 Å². The van der Waals surface area contributed by atoms with Gasteiger partial charge in [0.25, 0.3) is 0 Å². The van der Waals surface area contributed by atoms with Gasteiger partial charge in [-0.15, -0.1) is 0 Å². The molecule has 0 amide bonds. The number of para-hydroxylation sites is 6. The first kappa shape index (κ1) is 50.2. The van der Waals surface area contributed by atoms with Gasteiger partial charge in [-0.2, -0.15) is 0 Å². The SMILES string of the molecule is CC(C)(C)c1ccc(C(C)(C)C)c2nc(-c3ccc(N(c4ccccc4)c4ccc5c(c4)c4ccccc4n5-c4ccccc4)cc3)c(-c3ccc(N(c4ccccc4)c4ccc5c(c4)c4ccccc4n5-c4ccccc4)cc3)nc12. The molecule has 14 rings (SSSR count). The van der Waals surface area contributed by atoms with Crippen molar-refractivity contribution < 1.29 is 0 Å². The molecule has 0 N–H and O–H groups in total. The highest BCUT2D eigenvalue weighted by atomic mass is 15.1. The van der Waals surface area contributed by atoms with Gasteiger partial charge in [0.15, 0.2) is 0 Å². The highest BCUT2D eigenvalue weighted by Crippen LogP contribution is 2.45. The van der Waals surface area contributed by atoms with E-state index in [0.717, 1.165) is 90.1 Å². The van der Waals surface area contributed by atoms with Crippen LogP contribution in [0.15, 0.2) is 267 Å². The third-order valence-electron chi connectivity index (χ3n) is 16.1. The van der Waals surface area contributed by atoms with Gasteiger partial charge in [0.1, 0.15) is 0 Å². The smallest absolute Gasteiger partial charge is 0.0973 e. The second-order valence-corrected chi connectivity index (χ2v) is 23.5. The lowest BCUT2D eigenvalue weighted by Crippen LogP contribution is -2.18. The van der Waals surface area contributed by atoms with Crippen LogP contribution in [0.5, 0.6) is 0 Å². The van der Waals surface area contributed by atoms with Gasteiger partial charge in [0.2, 0.25) is 0 Å². The summed E-state index contributed by atoms with van der Waals surface area (Å²) in [6, 6.07) is 96.2. The summed E-state index contributed by atoms with van der Waals surface area (Å²) >= 11 is 0. The topological polar surface area (TPSA) is 42.1 Å². The maximum absolute atomic E-state index is 5.78. The molecule has 3 heterocycles. The Balaban J connectivity index is 0.910. The Hall–Kier alpha value is -10.0. The zero-order valence-corrected chi connectivity index (χ0v) is 47.1. The van der Waals surface area contributed by atoms with Crippen molar-refractivity contribution in [1.82, 2.24) is 19.1 Å². The molecule has 14 aromatic rings. The summed E-state index contributed by atoms with van der Waals surface area (Å²) in [5.41, 5.74) is 20.8. The van der Waals surface area contributed by atoms with Gasteiger partial charge < -0.3 is 18.9 Å². The zero-order valence-electron chi connectivity index (χ0n) is 47.1. The Bertz CT molecular complexity index is 4360. The standard InChI is InChI=1S/C76H62N6/c1-75(2,3)65-45-46-66(76(4,5)6)74-73(65)77-71(51-35-39-57(40-36-51)79(53-23-11-7-12-24-53)59-43-47-69-63(49-59)61-31-19-21-33-67(61)81(69)55-27-15-9-16-28-55)72(78-74)52-37-41-58(42-38-52)80(54-25-13-8-14-26-54)60-44-48-70-64(50-60)62-32-20-22-34-68(62)82(70)56-29-17-10-18-30-56/h7-50H,1-6H3. The minimum absolute atomic E-state index is 0.182. The first-order chi connectivity index (χ1) is 40.0. The summed E-state index contributed by atoms with van der Waals surface area (Å²) in [6.07, 6.45) is 0.